The van der Waals surface area contributed by atoms with Crippen molar-refractivity contribution in [2.75, 3.05) is 44.2 Å². The molecule has 164 valence electrons. The molecule has 30 heavy (non-hydrogen) atoms. The van der Waals surface area contributed by atoms with Crippen molar-refractivity contribution >= 4 is 27.0 Å². The van der Waals surface area contributed by atoms with Crippen LogP contribution in [0.25, 0.3) is 0 Å². The maximum Gasteiger partial charge on any atom is 0.250 e. The first-order valence-electron chi connectivity index (χ1n) is 10.0. The first-order valence-corrected chi connectivity index (χ1v) is 12.4. The average Bonchev–Trinajstić information content (AvgIpc) is 3.42. The molecule has 2 aliphatic rings. The van der Waals surface area contributed by atoms with Gasteiger partial charge in [0.2, 0.25) is 10.0 Å². The van der Waals surface area contributed by atoms with Gasteiger partial charge < -0.3 is 19.8 Å². The van der Waals surface area contributed by atoms with Gasteiger partial charge in [0.15, 0.2) is 0 Å². The van der Waals surface area contributed by atoms with Crippen LogP contribution in [0.5, 0.6) is 0 Å². The Hall–Kier alpha value is -1.53. The molecule has 1 aromatic heterocycles. The second-order valence-electron chi connectivity index (χ2n) is 7.52. The average molecular weight is 454 g/mol. The highest BCUT2D eigenvalue weighted by molar-refractivity contribution is 7.91. The fraction of sp³-hybridized carbons (Fsp3) is 0.500. The number of aliphatic hydroxyl groups is 2. The van der Waals surface area contributed by atoms with E-state index in [4.69, 9.17) is 4.74 Å². The number of nitrogens with zero attached hydrogens (tertiary/aromatic N) is 2. The Bertz CT molecular complexity index is 902. The number of piperazine rings is 1. The van der Waals surface area contributed by atoms with Gasteiger partial charge in [-0.1, -0.05) is 24.3 Å². The fourth-order valence-electron chi connectivity index (χ4n) is 4.19. The number of ether oxygens (including phenoxy) is 1. The first-order chi connectivity index (χ1) is 14.5. The minimum atomic E-state index is -3.63. The topological polar surface area (TPSA) is 102 Å². The second-order valence-corrected chi connectivity index (χ2v) is 10.5. The highest BCUT2D eigenvalue weighted by atomic mass is 32.2. The zero-order valence-electron chi connectivity index (χ0n) is 16.5. The summed E-state index contributed by atoms with van der Waals surface area (Å²) >= 11 is 1.15. The van der Waals surface area contributed by atoms with E-state index < -0.39 is 28.3 Å². The number of benzene rings is 1. The normalized spacial score (nSPS) is 28.1. The molecule has 0 aliphatic carbocycles. The van der Waals surface area contributed by atoms with Gasteiger partial charge in [0, 0.05) is 38.4 Å². The SMILES string of the molecule is O=S(=O)(NC[C@H]1O[C@@H](CO)[C@@H](O)[C@H]1N1CCN(c2ccccc2)CC1)c1cccs1. The highest BCUT2D eigenvalue weighted by Crippen LogP contribution is 2.28. The summed E-state index contributed by atoms with van der Waals surface area (Å²) in [6, 6.07) is 13.0. The molecule has 1 aromatic carbocycles. The molecule has 0 saturated carbocycles. The van der Waals surface area contributed by atoms with Crippen LogP contribution >= 0.6 is 11.3 Å². The minimum absolute atomic E-state index is 0.0390. The minimum Gasteiger partial charge on any atom is -0.394 e. The maximum absolute atomic E-state index is 12.5. The van der Waals surface area contributed by atoms with Gasteiger partial charge in [-0.2, -0.15) is 0 Å². The lowest BCUT2D eigenvalue weighted by molar-refractivity contribution is -0.0201. The number of nitrogens with one attached hydrogen (secondary N) is 1. The highest BCUT2D eigenvalue weighted by Gasteiger charge is 2.47. The van der Waals surface area contributed by atoms with Gasteiger partial charge in [-0.15, -0.1) is 11.3 Å². The van der Waals surface area contributed by atoms with Gasteiger partial charge in [-0.25, -0.2) is 13.1 Å². The molecule has 0 radical (unpaired) electrons. The van der Waals surface area contributed by atoms with Crippen molar-refractivity contribution in [3.8, 4) is 0 Å². The van der Waals surface area contributed by atoms with Crippen molar-refractivity contribution in [2.45, 2.75) is 28.6 Å². The van der Waals surface area contributed by atoms with Crippen LogP contribution in [-0.2, 0) is 14.8 Å². The third kappa shape index (κ3) is 4.54. The molecule has 0 unspecified atom stereocenters. The summed E-state index contributed by atoms with van der Waals surface area (Å²) in [4.78, 5) is 4.43. The smallest absolute Gasteiger partial charge is 0.250 e. The van der Waals surface area contributed by atoms with Crippen LogP contribution in [-0.4, -0.2) is 87.2 Å². The molecule has 3 N–H and O–H groups in total. The van der Waals surface area contributed by atoms with Crippen LogP contribution in [0.3, 0.4) is 0 Å². The van der Waals surface area contributed by atoms with E-state index in [1.165, 1.54) is 0 Å². The lowest BCUT2D eigenvalue weighted by Gasteiger charge is -2.41. The van der Waals surface area contributed by atoms with Gasteiger partial charge in [0.05, 0.1) is 18.8 Å². The van der Waals surface area contributed by atoms with Crippen LogP contribution in [0.4, 0.5) is 5.69 Å². The van der Waals surface area contributed by atoms with E-state index in [1.54, 1.807) is 17.5 Å². The monoisotopic (exact) mass is 453 g/mol. The number of sulfonamides is 1. The zero-order valence-corrected chi connectivity index (χ0v) is 18.1. The summed E-state index contributed by atoms with van der Waals surface area (Å²) in [6.45, 7) is 2.75. The summed E-state index contributed by atoms with van der Waals surface area (Å²) in [6.07, 6.45) is -2.15. The molecule has 2 aliphatic heterocycles. The van der Waals surface area contributed by atoms with Gasteiger partial charge in [0.25, 0.3) is 0 Å². The van der Waals surface area contributed by atoms with E-state index in [9.17, 15) is 18.6 Å². The molecule has 3 heterocycles. The lowest BCUT2D eigenvalue weighted by atomic mass is 10.0. The predicted molar refractivity (Wildman–Crippen MR) is 115 cm³/mol. The Morgan fingerprint density at radius 1 is 1.07 bits per heavy atom. The van der Waals surface area contributed by atoms with Crippen molar-refractivity contribution in [1.29, 1.82) is 0 Å². The summed E-state index contributed by atoms with van der Waals surface area (Å²) in [5.74, 6) is 0. The van der Waals surface area contributed by atoms with E-state index in [0.717, 1.165) is 30.1 Å². The zero-order chi connectivity index (χ0) is 21.1. The molecule has 0 bridgehead atoms. The first kappa shape index (κ1) is 21.7. The fourth-order valence-corrected chi connectivity index (χ4v) is 6.28. The van der Waals surface area contributed by atoms with Gasteiger partial charge in [-0.3, -0.25) is 4.90 Å². The second kappa shape index (κ2) is 9.31. The predicted octanol–water partition coefficient (Wildman–Crippen LogP) is 0.338. The van der Waals surface area contributed by atoms with Gasteiger partial charge >= 0.3 is 0 Å². The number of anilines is 1. The summed E-state index contributed by atoms with van der Waals surface area (Å²) in [5, 5.41) is 22.1. The molecule has 2 fully saturated rings. The van der Waals surface area contributed by atoms with E-state index in [2.05, 4.69) is 26.7 Å². The molecule has 4 rings (SSSR count). The number of aliphatic hydroxyl groups excluding tert-OH is 2. The maximum atomic E-state index is 12.5. The Labute approximate surface area is 180 Å². The molecule has 4 atom stereocenters. The third-order valence-corrected chi connectivity index (χ3v) is 8.55. The van der Waals surface area contributed by atoms with Gasteiger partial charge in [-0.05, 0) is 23.6 Å². The van der Waals surface area contributed by atoms with Crippen LogP contribution in [0, 0.1) is 0 Å². The molecular weight excluding hydrogens is 426 g/mol. The molecule has 0 spiro atoms. The van der Waals surface area contributed by atoms with E-state index >= 15 is 0 Å². The van der Waals surface area contributed by atoms with Crippen LogP contribution in [0.15, 0.2) is 52.1 Å². The summed E-state index contributed by atoms with van der Waals surface area (Å²) < 4.78 is 33.6. The van der Waals surface area contributed by atoms with Gasteiger partial charge in [0.1, 0.15) is 16.4 Å². The third-order valence-electron chi connectivity index (χ3n) is 5.73. The number of hydrogen-bond donors (Lipinski definition) is 3. The van der Waals surface area contributed by atoms with Crippen LogP contribution in [0.2, 0.25) is 0 Å². The molecule has 0 amide bonds. The molecule has 10 heteroatoms. The Kier molecular flexibility index (Phi) is 6.73. The lowest BCUT2D eigenvalue weighted by Crippen LogP contribution is -2.57. The Balaban J connectivity index is 1.42. The number of hydrogen-bond acceptors (Lipinski definition) is 8. The van der Waals surface area contributed by atoms with Crippen molar-refractivity contribution < 1.29 is 23.4 Å². The quantitative estimate of drug-likeness (QED) is 0.556. The standard InChI is InChI=1S/C20H27N3O5S2/c24-14-17-20(25)19(16(28-17)13-21-30(26,27)18-7-4-12-29-18)23-10-8-22(9-11-23)15-5-2-1-3-6-15/h1-7,12,16-17,19-21,24-25H,8-11,13-14H2/t16-,17+,19+,20-/m1/s1. The molecular formula is C20H27N3O5S2. The Morgan fingerprint density at radius 3 is 2.43 bits per heavy atom. The molecule has 2 aromatic rings. The van der Waals surface area contributed by atoms with Crippen molar-refractivity contribution in [3.63, 3.8) is 0 Å². The number of para-hydroxylation sites is 1. The molecule has 8 nitrogen and oxygen atoms in total. The summed E-state index contributed by atoms with van der Waals surface area (Å²) in [5.41, 5.74) is 1.16. The van der Waals surface area contributed by atoms with E-state index in [-0.39, 0.29) is 23.4 Å². The number of rotatable bonds is 7. The molecule has 2 saturated heterocycles. The number of thiophene rings is 1. The largest absolute Gasteiger partial charge is 0.394 e. The Morgan fingerprint density at radius 2 is 1.80 bits per heavy atom. The van der Waals surface area contributed by atoms with E-state index in [0.29, 0.717) is 13.1 Å². The van der Waals surface area contributed by atoms with Crippen molar-refractivity contribution in [2.24, 2.45) is 0 Å². The van der Waals surface area contributed by atoms with Crippen LogP contribution < -0.4 is 9.62 Å². The van der Waals surface area contributed by atoms with Crippen LogP contribution in [0.1, 0.15) is 0 Å². The van der Waals surface area contributed by atoms with Crippen molar-refractivity contribution in [1.82, 2.24) is 9.62 Å². The van der Waals surface area contributed by atoms with Crippen molar-refractivity contribution in [3.05, 3.63) is 47.8 Å². The summed E-state index contributed by atoms with van der Waals surface area (Å²) in [7, 11) is -3.63. The van der Waals surface area contributed by atoms with E-state index in [1.807, 2.05) is 18.2 Å².